The summed E-state index contributed by atoms with van der Waals surface area (Å²) in [7, 11) is 0. The summed E-state index contributed by atoms with van der Waals surface area (Å²) >= 11 is 0. The third kappa shape index (κ3) is 2.65. The van der Waals surface area contributed by atoms with Gasteiger partial charge in [-0.15, -0.1) is 0 Å². The summed E-state index contributed by atoms with van der Waals surface area (Å²) in [6.07, 6.45) is -4.04. The Labute approximate surface area is 110 Å². The van der Waals surface area contributed by atoms with Crippen molar-refractivity contribution in [3.05, 3.63) is 12.2 Å². The molecule has 0 amide bonds. The molecule has 0 saturated carbocycles. The van der Waals surface area contributed by atoms with Crippen LogP contribution in [-0.4, -0.2) is 62.8 Å². The lowest BCUT2D eigenvalue weighted by molar-refractivity contribution is -0.308. The maximum atomic E-state index is 9.81. The van der Waals surface area contributed by atoms with Crippen molar-refractivity contribution in [3.63, 3.8) is 0 Å². The predicted molar refractivity (Wildman–Crippen MR) is 61.5 cm³/mol. The van der Waals surface area contributed by atoms with Gasteiger partial charge in [-0.2, -0.15) is 5.26 Å². The molecule has 19 heavy (non-hydrogen) atoms. The molecule has 0 aromatic rings. The fourth-order valence-electron chi connectivity index (χ4n) is 2.23. The van der Waals surface area contributed by atoms with Crippen LogP contribution in [0.25, 0.3) is 0 Å². The summed E-state index contributed by atoms with van der Waals surface area (Å²) in [4.78, 5) is 0. The summed E-state index contributed by atoms with van der Waals surface area (Å²) in [5, 5.41) is 47.6. The highest BCUT2D eigenvalue weighted by molar-refractivity contribution is 5.24. The molecule has 0 bridgehead atoms. The second kappa shape index (κ2) is 5.17. The van der Waals surface area contributed by atoms with Gasteiger partial charge in [-0.05, 0) is 13.0 Å². The van der Waals surface area contributed by atoms with Crippen molar-refractivity contribution in [2.75, 3.05) is 0 Å². The van der Waals surface area contributed by atoms with Crippen LogP contribution < -0.4 is 0 Å². The zero-order valence-corrected chi connectivity index (χ0v) is 10.4. The van der Waals surface area contributed by atoms with Gasteiger partial charge in [0.1, 0.15) is 24.4 Å². The summed E-state index contributed by atoms with van der Waals surface area (Å²) in [5.74, 6) is 0. The molecule has 2 aliphatic rings. The van der Waals surface area contributed by atoms with E-state index < -0.39 is 42.4 Å². The topological polar surface area (TPSA) is 123 Å². The van der Waals surface area contributed by atoms with Crippen molar-refractivity contribution in [1.29, 1.82) is 5.26 Å². The van der Waals surface area contributed by atoms with Gasteiger partial charge in [-0.3, -0.25) is 0 Å². The Balaban J connectivity index is 2.10. The number of nitrogens with zero attached hydrogens (tertiary/aromatic N) is 1. The van der Waals surface area contributed by atoms with Crippen LogP contribution in [0, 0.1) is 11.3 Å². The Bertz CT molecular complexity index is 408. The number of ether oxygens (including phenoxy) is 2. The molecule has 7 heteroatoms. The van der Waals surface area contributed by atoms with Crippen LogP contribution in [0.2, 0.25) is 0 Å². The number of hydrogen-bond acceptors (Lipinski definition) is 7. The number of aliphatic hydroxyl groups excluding tert-OH is 4. The van der Waals surface area contributed by atoms with E-state index in [9.17, 15) is 20.4 Å². The van der Waals surface area contributed by atoms with Crippen LogP contribution >= 0.6 is 0 Å². The second-order valence-electron chi connectivity index (χ2n) is 4.93. The first kappa shape index (κ1) is 14.4. The Kier molecular flexibility index (Phi) is 3.92. The molecule has 7 unspecified atom stereocenters. The van der Waals surface area contributed by atoms with E-state index in [1.54, 1.807) is 0 Å². The largest absolute Gasteiger partial charge is 0.389 e. The van der Waals surface area contributed by atoms with Gasteiger partial charge in [-0.1, -0.05) is 6.08 Å². The Morgan fingerprint density at radius 2 is 1.95 bits per heavy atom. The number of rotatable bonds is 2. The van der Waals surface area contributed by atoms with Gasteiger partial charge in [0, 0.05) is 6.42 Å². The van der Waals surface area contributed by atoms with E-state index in [-0.39, 0.29) is 6.42 Å². The zero-order chi connectivity index (χ0) is 14.2. The first-order valence-electron chi connectivity index (χ1n) is 6.05. The molecule has 106 valence electrons. The van der Waals surface area contributed by atoms with E-state index in [4.69, 9.17) is 14.7 Å². The zero-order valence-electron chi connectivity index (χ0n) is 10.4. The second-order valence-corrected chi connectivity index (χ2v) is 4.93. The quantitative estimate of drug-likeness (QED) is 0.447. The van der Waals surface area contributed by atoms with E-state index in [2.05, 4.69) is 0 Å². The monoisotopic (exact) mass is 271 g/mol. The SMILES string of the molecule is CC1OC(OC2(C#N)C=CC(O)C2)C(O)C(O)C1O. The average molecular weight is 271 g/mol. The summed E-state index contributed by atoms with van der Waals surface area (Å²) < 4.78 is 10.7. The summed E-state index contributed by atoms with van der Waals surface area (Å²) in [5.41, 5.74) is -1.40. The summed E-state index contributed by atoms with van der Waals surface area (Å²) in [6.45, 7) is 1.52. The molecule has 1 aliphatic heterocycles. The number of nitriles is 1. The van der Waals surface area contributed by atoms with Crippen LogP contribution in [0.3, 0.4) is 0 Å². The Hall–Kier alpha value is -1.01. The molecular formula is C12H17NO6. The Morgan fingerprint density at radius 1 is 1.26 bits per heavy atom. The molecule has 7 atom stereocenters. The minimum atomic E-state index is -1.47. The molecule has 2 rings (SSSR count). The number of hydrogen-bond donors (Lipinski definition) is 4. The molecule has 4 N–H and O–H groups in total. The Morgan fingerprint density at radius 3 is 2.47 bits per heavy atom. The van der Waals surface area contributed by atoms with Crippen molar-refractivity contribution >= 4 is 0 Å². The van der Waals surface area contributed by atoms with E-state index in [0.29, 0.717) is 0 Å². The van der Waals surface area contributed by atoms with Gasteiger partial charge >= 0.3 is 0 Å². The maximum Gasteiger partial charge on any atom is 0.188 e. The van der Waals surface area contributed by atoms with Crippen LogP contribution in [0.1, 0.15) is 13.3 Å². The third-order valence-electron chi connectivity index (χ3n) is 3.42. The molecule has 7 nitrogen and oxygen atoms in total. The highest BCUT2D eigenvalue weighted by Crippen LogP contribution is 2.32. The molecule has 0 spiro atoms. The standard InChI is InChI=1S/C12H17NO6/c1-6-8(15)9(16)10(17)11(18-6)19-12(5-13)3-2-7(14)4-12/h2-3,6-11,14-17H,4H2,1H3. The lowest BCUT2D eigenvalue weighted by Gasteiger charge is -2.41. The fourth-order valence-corrected chi connectivity index (χ4v) is 2.23. The highest BCUT2D eigenvalue weighted by atomic mass is 16.7. The van der Waals surface area contributed by atoms with Gasteiger partial charge in [-0.25, -0.2) is 0 Å². The van der Waals surface area contributed by atoms with Crippen molar-refractivity contribution in [2.45, 2.75) is 55.8 Å². The lowest BCUT2D eigenvalue weighted by atomic mass is 9.99. The van der Waals surface area contributed by atoms with Gasteiger partial charge in [0.15, 0.2) is 11.9 Å². The molecule has 1 fully saturated rings. The van der Waals surface area contributed by atoms with Crippen molar-refractivity contribution in [3.8, 4) is 6.07 Å². The molecule has 1 aliphatic carbocycles. The molecule has 1 heterocycles. The van der Waals surface area contributed by atoms with Gasteiger partial charge < -0.3 is 29.9 Å². The molecular weight excluding hydrogens is 254 g/mol. The number of aliphatic hydroxyl groups is 4. The smallest absolute Gasteiger partial charge is 0.188 e. The van der Waals surface area contributed by atoms with Gasteiger partial charge in [0.25, 0.3) is 0 Å². The molecule has 0 aromatic carbocycles. The molecule has 0 aromatic heterocycles. The van der Waals surface area contributed by atoms with Gasteiger partial charge in [0.2, 0.25) is 0 Å². The molecule has 1 saturated heterocycles. The molecule has 0 radical (unpaired) electrons. The van der Waals surface area contributed by atoms with Crippen LogP contribution in [0.5, 0.6) is 0 Å². The van der Waals surface area contributed by atoms with E-state index in [0.717, 1.165) is 0 Å². The maximum absolute atomic E-state index is 9.81. The van der Waals surface area contributed by atoms with Crippen molar-refractivity contribution in [1.82, 2.24) is 0 Å². The van der Waals surface area contributed by atoms with Crippen molar-refractivity contribution < 1.29 is 29.9 Å². The van der Waals surface area contributed by atoms with Crippen molar-refractivity contribution in [2.24, 2.45) is 0 Å². The first-order chi connectivity index (χ1) is 8.88. The normalized spacial score (nSPS) is 50.1. The van der Waals surface area contributed by atoms with Gasteiger partial charge in [0.05, 0.1) is 12.2 Å². The minimum Gasteiger partial charge on any atom is -0.389 e. The average Bonchev–Trinajstić information content (AvgIpc) is 2.75. The third-order valence-corrected chi connectivity index (χ3v) is 3.42. The lowest BCUT2D eigenvalue weighted by Crippen LogP contribution is -2.58. The van der Waals surface area contributed by atoms with E-state index in [1.807, 2.05) is 6.07 Å². The predicted octanol–water partition coefficient (Wildman–Crippen LogP) is -1.59. The van der Waals surface area contributed by atoms with E-state index >= 15 is 0 Å². The minimum absolute atomic E-state index is 0.0309. The van der Waals surface area contributed by atoms with E-state index in [1.165, 1.54) is 19.1 Å². The first-order valence-corrected chi connectivity index (χ1v) is 6.05. The van der Waals surface area contributed by atoms with Crippen LogP contribution in [0.15, 0.2) is 12.2 Å². The highest BCUT2D eigenvalue weighted by Gasteiger charge is 2.47. The fraction of sp³-hybridized carbons (Fsp3) is 0.750. The van der Waals surface area contributed by atoms with Crippen LogP contribution in [-0.2, 0) is 9.47 Å². The summed E-state index contributed by atoms with van der Waals surface area (Å²) in [6, 6.07) is 1.91. The van der Waals surface area contributed by atoms with Crippen LogP contribution in [0.4, 0.5) is 0 Å².